The van der Waals surface area contributed by atoms with E-state index in [1.807, 2.05) is 6.07 Å². The van der Waals surface area contributed by atoms with E-state index in [2.05, 4.69) is 65.3 Å². The van der Waals surface area contributed by atoms with Gasteiger partial charge in [-0.3, -0.25) is 4.79 Å². The molecule has 1 amide bonds. The van der Waals surface area contributed by atoms with Gasteiger partial charge >= 0.3 is 0 Å². The third-order valence-corrected chi connectivity index (χ3v) is 5.54. The molecule has 4 rings (SSSR count). The van der Waals surface area contributed by atoms with Crippen molar-refractivity contribution >= 4 is 17.3 Å². The molecule has 2 aromatic carbocycles. The number of hydrogen-bond donors (Lipinski definition) is 0. The zero-order valence-electron chi connectivity index (χ0n) is 13.7. The number of rotatable bonds is 1. The maximum absolute atomic E-state index is 12.2. The molecule has 0 bridgehead atoms. The van der Waals surface area contributed by atoms with Crippen LogP contribution in [0.2, 0.25) is 0 Å². The number of hydrogen-bond acceptors (Lipinski definition) is 2. The first-order valence-electron chi connectivity index (χ1n) is 8.31. The Morgan fingerprint density at radius 3 is 2.52 bits per heavy atom. The van der Waals surface area contributed by atoms with Crippen LogP contribution in [0.5, 0.6) is 0 Å². The van der Waals surface area contributed by atoms with E-state index in [0.29, 0.717) is 5.92 Å². The first kappa shape index (κ1) is 14.3. The fourth-order valence-electron chi connectivity index (χ4n) is 4.49. The second-order valence-corrected chi connectivity index (χ2v) is 6.85. The molecule has 0 spiro atoms. The van der Waals surface area contributed by atoms with Crippen molar-refractivity contribution in [3.63, 3.8) is 0 Å². The molecule has 3 heteroatoms. The Morgan fingerprint density at radius 2 is 1.78 bits per heavy atom. The van der Waals surface area contributed by atoms with E-state index in [0.717, 1.165) is 19.5 Å². The molecule has 0 aliphatic carbocycles. The maximum Gasteiger partial charge on any atom is 0.219 e. The number of anilines is 2. The molecule has 0 unspecified atom stereocenters. The fourth-order valence-corrected chi connectivity index (χ4v) is 4.49. The predicted octanol–water partition coefficient (Wildman–Crippen LogP) is 3.93. The van der Waals surface area contributed by atoms with Crippen LogP contribution in [0.1, 0.15) is 31.7 Å². The average Bonchev–Trinajstić information content (AvgIpc) is 2.92. The van der Waals surface area contributed by atoms with Crippen LogP contribution in [0.15, 0.2) is 54.6 Å². The van der Waals surface area contributed by atoms with Crippen molar-refractivity contribution < 1.29 is 4.79 Å². The molecule has 0 N–H and O–H groups in total. The summed E-state index contributed by atoms with van der Waals surface area (Å²) in [6.45, 7) is 5.64. The van der Waals surface area contributed by atoms with E-state index in [1.165, 1.54) is 16.9 Å². The Hall–Kier alpha value is -2.29. The standard InChI is InChI=1S/C20H22N2O/c1-15(23)22-13-12-18-17-10-6-7-11-19(17)21(14-20(18,22)2)16-8-4-3-5-9-16/h3-11,18H,12-14H2,1-2H3/t18-,20+/m0/s1. The van der Waals surface area contributed by atoms with E-state index in [9.17, 15) is 4.79 Å². The Morgan fingerprint density at radius 1 is 1.09 bits per heavy atom. The minimum absolute atomic E-state index is 0.143. The van der Waals surface area contributed by atoms with Gasteiger partial charge in [-0.2, -0.15) is 0 Å². The Labute approximate surface area is 137 Å². The minimum atomic E-state index is -0.143. The highest BCUT2D eigenvalue weighted by atomic mass is 16.2. The van der Waals surface area contributed by atoms with Crippen LogP contribution in [0, 0.1) is 0 Å². The number of carbonyl (C=O) groups is 1. The second-order valence-electron chi connectivity index (χ2n) is 6.85. The molecule has 2 aliphatic rings. The van der Waals surface area contributed by atoms with E-state index in [-0.39, 0.29) is 11.4 Å². The van der Waals surface area contributed by atoms with Gasteiger partial charge in [0, 0.05) is 37.3 Å². The summed E-state index contributed by atoms with van der Waals surface area (Å²) in [4.78, 5) is 16.6. The van der Waals surface area contributed by atoms with Crippen molar-refractivity contribution in [3.05, 3.63) is 60.2 Å². The molecular formula is C20H22N2O. The smallest absolute Gasteiger partial charge is 0.219 e. The van der Waals surface area contributed by atoms with Crippen molar-refractivity contribution in [1.82, 2.24) is 4.90 Å². The maximum atomic E-state index is 12.2. The average molecular weight is 306 g/mol. The summed E-state index contributed by atoms with van der Waals surface area (Å²) in [5.41, 5.74) is 3.70. The van der Waals surface area contributed by atoms with Crippen molar-refractivity contribution in [2.75, 3.05) is 18.0 Å². The van der Waals surface area contributed by atoms with Crippen LogP contribution in [0.4, 0.5) is 11.4 Å². The zero-order valence-corrected chi connectivity index (χ0v) is 13.7. The Balaban J connectivity index is 1.87. The molecule has 2 aromatic rings. The SMILES string of the molecule is CC(=O)N1CC[C@H]2c3ccccc3N(c3ccccc3)C[C@]21C. The summed E-state index contributed by atoms with van der Waals surface area (Å²) in [6.07, 6.45) is 1.05. The largest absolute Gasteiger partial charge is 0.339 e. The van der Waals surface area contributed by atoms with Crippen molar-refractivity contribution in [2.45, 2.75) is 31.7 Å². The monoisotopic (exact) mass is 306 g/mol. The van der Waals surface area contributed by atoms with Gasteiger partial charge in [0.05, 0.1) is 5.54 Å². The highest BCUT2D eigenvalue weighted by Gasteiger charge is 2.51. The number of carbonyl (C=O) groups excluding carboxylic acids is 1. The summed E-state index contributed by atoms with van der Waals surface area (Å²) in [5.74, 6) is 0.602. The Bertz CT molecular complexity index is 742. The first-order chi connectivity index (χ1) is 11.1. The summed E-state index contributed by atoms with van der Waals surface area (Å²) < 4.78 is 0. The first-order valence-corrected chi connectivity index (χ1v) is 8.31. The van der Waals surface area contributed by atoms with Gasteiger partial charge in [0.25, 0.3) is 0 Å². The number of nitrogens with zero attached hydrogens (tertiary/aromatic N) is 2. The third kappa shape index (κ3) is 2.07. The molecule has 118 valence electrons. The molecule has 2 atom stereocenters. The lowest BCUT2D eigenvalue weighted by atomic mass is 9.76. The van der Waals surface area contributed by atoms with Crippen LogP contribution in [-0.2, 0) is 4.79 Å². The van der Waals surface area contributed by atoms with Gasteiger partial charge in [0.15, 0.2) is 0 Å². The minimum Gasteiger partial charge on any atom is -0.339 e. The number of para-hydroxylation sites is 2. The molecule has 2 heterocycles. The highest BCUT2D eigenvalue weighted by molar-refractivity contribution is 5.77. The highest BCUT2D eigenvalue weighted by Crippen LogP contribution is 2.51. The molecule has 2 aliphatic heterocycles. The summed E-state index contributed by atoms with van der Waals surface area (Å²) in [6, 6.07) is 19.1. The topological polar surface area (TPSA) is 23.6 Å². The van der Waals surface area contributed by atoms with Crippen molar-refractivity contribution in [3.8, 4) is 0 Å². The number of amides is 1. The molecule has 0 radical (unpaired) electrons. The lowest BCUT2D eigenvalue weighted by molar-refractivity contribution is -0.132. The molecule has 0 aromatic heterocycles. The van der Waals surface area contributed by atoms with Gasteiger partial charge in [-0.25, -0.2) is 0 Å². The van der Waals surface area contributed by atoms with Gasteiger partial charge in [-0.15, -0.1) is 0 Å². The van der Waals surface area contributed by atoms with Gasteiger partial charge in [-0.05, 0) is 37.1 Å². The molecule has 1 saturated heterocycles. The number of likely N-dealkylation sites (tertiary alicyclic amines) is 1. The third-order valence-electron chi connectivity index (χ3n) is 5.54. The van der Waals surface area contributed by atoms with E-state index in [4.69, 9.17) is 0 Å². The number of benzene rings is 2. The van der Waals surface area contributed by atoms with Crippen molar-refractivity contribution in [2.24, 2.45) is 0 Å². The van der Waals surface area contributed by atoms with E-state index in [1.54, 1.807) is 6.92 Å². The van der Waals surface area contributed by atoms with Crippen molar-refractivity contribution in [1.29, 1.82) is 0 Å². The van der Waals surface area contributed by atoms with Gasteiger partial charge in [0.1, 0.15) is 0 Å². The van der Waals surface area contributed by atoms with Gasteiger partial charge in [-0.1, -0.05) is 36.4 Å². The second kappa shape index (κ2) is 5.12. The summed E-state index contributed by atoms with van der Waals surface area (Å²) in [7, 11) is 0. The van der Waals surface area contributed by atoms with Crippen LogP contribution < -0.4 is 4.90 Å². The van der Waals surface area contributed by atoms with E-state index >= 15 is 0 Å². The summed E-state index contributed by atoms with van der Waals surface area (Å²) >= 11 is 0. The van der Waals surface area contributed by atoms with Crippen LogP contribution >= 0.6 is 0 Å². The Kier molecular flexibility index (Phi) is 3.19. The van der Waals surface area contributed by atoms with Gasteiger partial charge < -0.3 is 9.80 Å². The van der Waals surface area contributed by atoms with Crippen LogP contribution in [-0.4, -0.2) is 29.4 Å². The number of fused-ring (bicyclic) bond motifs is 3. The predicted molar refractivity (Wildman–Crippen MR) is 93.0 cm³/mol. The molecular weight excluding hydrogens is 284 g/mol. The molecule has 0 saturated carbocycles. The lowest BCUT2D eigenvalue weighted by Gasteiger charge is -2.48. The molecule has 1 fully saturated rings. The lowest BCUT2D eigenvalue weighted by Crippen LogP contribution is -2.55. The normalized spacial score (nSPS) is 25.9. The fraction of sp³-hybridized carbons (Fsp3) is 0.350. The van der Waals surface area contributed by atoms with E-state index < -0.39 is 0 Å². The quantitative estimate of drug-likeness (QED) is 0.797. The zero-order chi connectivity index (χ0) is 16.0. The van der Waals surface area contributed by atoms with Crippen LogP contribution in [0.3, 0.4) is 0 Å². The van der Waals surface area contributed by atoms with Crippen LogP contribution in [0.25, 0.3) is 0 Å². The molecule has 23 heavy (non-hydrogen) atoms. The molecule has 3 nitrogen and oxygen atoms in total. The summed E-state index contributed by atoms with van der Waals surface area (Å²) in [5, 5.41) is 0. The van der Waals surface area contributed by atoms with Gasteiger partial charge in [0.2, 0.25) is 5.91 Å².